The van der Waals surface area contributed by atoms with Gasteiger partial charge in [-0.1, -0.05) is 24.6 Å². The van der Waals surface area contributed by atoms with Crippen LogP contribution in [0, 0.1) is 5.82 Å². The fraction of sp³-hybridized carbons (Fsp3) is 0.150. The fourth-order valence-corrected chi connectivity index (χ4v) is 3.68. The number of sulfone groups is 1. The Bertz CT molecular complexity index is 1320. The lowest BCUT2D eigenvalue weighted by Crippen LogP contribution is -2.18. The minimum absolute atomic E-state index is 0.00524. The average molecular weight is 504 g/mol. The summed E-state index contributed by atoms with van der Waals surface area (Å²) in [5.41, 5.74) is -2.13. The highest BCUT2D eigenvalue weighted by Gasteiger charge is 2.35. The molecule has 3 rings (SSSR count). The lowest BCUT2D eigenvalue weighted by atomic mass is 10.2. The smallest absolute Gasteiger partial charge is 0.435 e. The Morgan fingerprint density at radius 2 is 1.85 bits per heavy atom. The molecule has 0 saturated carbocycles. The Morgan fingerprint density at radius 3 is 2.48 bits per heavy atom. The topological polar surface area (TPSA) is 98.2 Å². The van der Waals surface area contributed by atoms with Crippen LogP contribution in [0.3, 0.4) is 0 Å². The van der Waals surface area contributed by atoms with E-state index >= 15 is 0 Å². The van der Waals surface area contributed by atoms with Crippen molar-refractivity contribution < 1.29 is 35.5 Å². The molecule has 0 fully saturated rings. The largest absolute Gasteiger partial charge is 0.435 e. The van der Waals surface area contributed by atoms with Gasteiger partial charge in [0.05, 0.1) is 15.7 Å². The standard InChI is InChI=1S/C20H14ClF4N3O4S/c1-2-33(30,31)13-5-3-4-12(9-13)26-18(29)14-10-17(20(23,24)25)27-28-19(14)32-16-7-6-11(22)8-15(16)21/h3-10H,2H2,1H3,(H,26,29). The molecule has 0 aliphatic carbocycles. The molecule has 0 bridgehead atoms. The Labute approximate surface area is 190 Å². The predicted octanol–water partition coefficient (Wildman–Crippen LogP) is 5.13. The number of rotatable bonds is 6. The summed E-state index contributed by atoms with van der Waals surface area (Å²) >= 11 is 5.87. The molecule has 0 aliphatic rings. The lowest BCUT2D eigenvalue weighted by Gasteiger charge is -2.13. The third-order valence-corrected chi connectivity index (χ3v) is 6.25. The minimum atomic E-state index is -4.91. The molecule has 1 N–H and O–H groups in total. The van der Waals surface area contributed by atoms with E-state index in [4.69, 9.17) is 16.3 Å². The summed E-state index contributed by atoms with van der Waals surface area (Å²) in [6.07, 6.45) is -4.91. The third kappa shape index (κ3) is 5.76. The van der Waals surface area contributed by atoms with Crippen molar-refractivity contribution in [2.24, 2.45) is 0 Å². The highest BCUT2D eigenvalue weighted by Crippen LogP contribution is 2.34. The predicted molar refractivity (Wildman–Crippen MR) is 111 cm³/mol. The van der Waals surface area contributed by atoms with Crippen LogP contribution in [0.15, 0.2) is 53.4 Å². The number of alkyl halides is 3. The number of amides is 1. The van der Waals surface area contributed by atoms with Crippen LogP contribution in [-0.4, -0.2) is 30.3 Å². The van der Waals surface area contributed by atoms with Crippen molar-refractivity contribution in [3.05, 3.63) is 70.6 Å². The molecule has 0 spiro atoms. The molecule has 2 aromatic carbocycles. The van der Waals surface area contributed by atoms with Gasteiger partial charge in [0.15, 0.2) is 15.5 Å². The van der Waals surface area contributed by atoms with E-state index in [0.29, 0.717) is 6.07 Å². The van der Waals surface area contributed by atoms with Crippen LogP contribution >= 0.6 is 11.6 Å². The van der Waals surface area contributed by atoms with Gasteiger partial charge in [-0.05, 0) is 42.5 Å². The van der Waals surface area contributed by atoms with Crippen molar-refractivity contribution in [1.82, 2.24) is 10.2 Å². The zero-order valence-electron chi connectivity index (χ0n) is 16.7. The van der Waals surface area contributed by atoms with Crippen molar-refractivity contribution in [2.45, 2.75) is 18.0 Å². The van der Waals surface area contributed by atoms with Crippen LogP contribution in [0.5, 0.6) is 11.6 Å². The van der Waals surface area contributed by atoms with Gasteiger partial charge in [-0.25, -0.2) is 12.8 Å². The normalized spacial score (nSPS) is 11.8. The fourth-order valence-electron chi connectivity index (χ4n) is 2.55. The van der Waals surface area contributed by atoms with E-state index in [-0.39, 0.29) is 27.1 Å². The summed E-state index contributed by atoms with van der Waals surface area (Å²) < 4.78 is 82.1. The van der Waals surface area contributed by atoms with Crippen LogP contribution in [0.4, 0.5) is 23.2 Å². The SMILES string of the molecule is CCS(=O)(=O)c1cccc(NC(=O)c2cc(C(F)(F)F)nnc2Oc2ccc(F)cc2Cl)c1. The molecule has 174 valence electrons. The molecule has 7 nitrogen and oxygen atoms in total. The molecule has 1 heterocycles. The molecule has 1 aromatic heterocycles. The summed E-state index contributed by atoms with van der Waals surface area (Å²) in [6, 6.07) is 8.58. The minimum Gasteiger partial charge on any atom is -0.435 e. The van der Waals surface area contributed by atoms with Crippen molar-refractivity contribution in [1.29, 1.82) is 0 Å². The van der Waals surface area contributed by atoms with Gasteiger partial charge in [-0.15, -0.1) is 10.2 Å². The number of nitrogens with zero attached hydrogens (tertiary/aromatic N) is 2. The first-order chi connectivity index (χ1) is 15.4. The van der Waals surface area contributed by atoms with Crippen molar-refractivity contribution in [3.63, 3.8) is 0 Å². The monoisotopic (exact) mass is 503 g/mol. The van der Waals surface area contributed by atoms with E-state index in [1.807, 2.05) is 0 Å². The van der Waals surface area contributed by atoms with Gasteiger partial charge in [0.25, 0.3) is 11.8 Å². The van der Waals surface area contributed by atoms with Gasteiger partial charge in [0, 0.05) is 5.69 Å². The van der Waals surface area contributed by atoms with Gasteiger partial charge in [-0.2, -0.15) is 13.2 Å². The van der Waals surface area contributed by atoms with Crippen LogP contribution < -0.4 is 10.1 Å². The van der Waals surface area contributed by atoms with Crippen LogP contribution in [0.1, 0.15) is 23.0 Å². The molecule has 13 heteroatoms. The van der Waals surface area contributed by atoms with Gasteiger partial charge >= 0.3 is 6.18 Å². The zero-order valence-corrected chi connectivity index (χ0v) is 18.2. The first kappa shape index (κ1) is 24.4. The van der Waals surface area contributed by atoms with Crippen LogP contribution in [0.25, 0.3) is 0 Å². The maximum Gasteiger partial charge on any atom is 0.435 e. The summed E-state index contributed by atoms with van der Waals surface area (Å²) in [4.78, 5) is 12.7. The van der Waals surface area contributed by atoms with Crippen LogP contribution in [0.2, 0.25) is 5.02 Å². The van der Waals surface area contributed by atoms with Crippen LogP contribution in [-0.2, 0) is 16.0 Å². The first-order valence-corrected chi connectivity index (χ1v) is 11.2. The Balaban J connectivity index is 2.00. The number of benzene rings is 2. The number of hydrogen-bond donors (Lipinski definition) is 1. The number of hydrogen-bond acceptors (Lipinski definition) is 6. The molecule has 0 unspecified atom stereocenters. The Morgan fingerprint density at radius 1 is 1.12 bits per heavy atom. The molecule has 0 aliphatic heterocycles. The summed E-state index contributed by atoms with van der Waals surface area (Å²) in [7, 11) is -3.60. The van der Waals surface area contributed by atoms with Gasteiger partial charge in [0.1, 0.15) is 17.1 Å². The Hall–Kier alpha value is -3.25. The summed E-state index contributed by atoms with van der Waals surface area (Å²) in [5, 5.41) is 8.45. The van der Waals surface area contributed by atoms with Gasteiger partial charge in [-0.3, -0.25) is 4.79 Å². The number of carbonyl (C=O) groups is 1. The number of carbonyl (C=O) groups excluding carboxylic acids is 1. The van der Waals surface area contributed by atoms with E-state index in [2.05, 4.69) is 15.5 Å². The lowest BCUT2D eigenvalue weighted by molar-refractivity contribution is -0.141. The molecule has 1 amide bonds. The molecule has 0 radical (unpaired) electrons. The summed E-state index contributed by atoms with van der Waals surface area (Å²) in [5.74, 6) is -2.78. The van der Waals surface area contributed by atoms with Crippen molar-refractivity contribution >= 4 is 33.0 Å². The maximum absolute atomic E-state index is 13.3. The maximum atomic E-state index is 13.3. The number of anilines is 1. The van der Waals surface area contributed by atoms with E-state index in [9.17, 15) is 30.8 Å². The number of halogens is 5. The van der Waals surface area contributed by atoms with E-state index < -0.39 is 44.9 Å². The number of aromatic nitrogens is 2. The average Bonchev–Trinajstić information content (AvgIpc) is 2.75. The molecule has 0 atom stereocenters. The van der Waals surface area contributed by atoms with Crippen molar-refractivity contribution in [3.8, 4) is 11.6 Å². The zero-order chi connectivity index (χ0) is 24.4. The van der Waals surface area contributed by atoms with Gasteiger partial charge < -0.3 is 10.1 Å². The highest BCUT2D eigenvalue weighted by molar-refractivity contribution is 7.91. The van der Waals surface area contributed by atoms with Crippen molar-refractivity contribution in [2.75, 3.05) is 11.1 Å². The molecular formula is C20H14ClF4N3O4S. The number of nitrogens with one attached hydrogen (secondary N) is 1. The summed E-state index contributed by atoms with van der Waals surface area (Å²) in [6.45, 7) is 1.44. The first-order valence-electron chi connectivity index (χ1n) is 9.12. The van der Waals surface area contributed by atoms with Gasteiger partial charge in [0.2, 0.25) is 0 Å². The Kier molecular flexibility index (Phi) is 6.89. The molecule has 33 heavy (non-hydrogen) atoms. The van der Waals surface area contributed by atoms with E-state index in [1.54, 1.807) is 0 Å². The molecule has 0 saturated heterocycles. The highest BCUT2D eigenvalue weighted by atomic mass is 35.5. The second-order valence-corrected chi connectivity index (χ2v) is 9.19. The molecule has 3 aromatic rings. The third-order valence-electron chi connectivity index (χ3n) is 4.23. The van der Waals surface area contributed by atoms with E-state index in [0.717, 1.165) is 24.3 Å². The second kappa shape index (κ2) is 9.32. The number of ether oxygens (including phenoxy) is 1. The van der Waals surface area contributed by atoms with E-state index in [1.165, 1.54) is 25.1 Å². The molecular weight excluding hydrogens is 490 g/mol. The second-order valence-electron chi connectivity index (χ2n) is 6.51. The quantitative estimate of drug-likeness (QED) is 0.468.